The van der Waals surface area contributed by atoms with Gasteiger partial charge in [-0.05, 0) is 39.2 Å². The summed E-state index contributed by atoms with van der Waals surface area (Å²) in [6, 6.07) is 35.0. The van der Waals surface area contributed by atoms with Crippen LogP contribution in [-0.2, 0) is 13.2 Å². The highest BCUT2D eigenvalue weighted by atomic mass is 16.5. The summed E-state index contributed by atoms with van der Waals surface area (Å²) < 4.78 is 11.8. The summed E-state index contributed by atoms with van der Waals surface area (Å²) in [6.45, 7) is 1.05. The van der Waals surface area contributed by atoms with Crippen molar-refractivity contribution in [2.24, 2.45) is 5.10 Å². The molecule has 0 radical (unpaired) electrons. The molecular weight excluding hydrogens is 420 g/mol. The van der Waals surface area contributed by atoms with Gasteiger partial charge in [0.2, 0.25) is 0 Å². The molecule has 0 amide bonds. The lowest BCUT2D eigenvalue weighted by Crippen LogP contribution is -2.07. The number of hydrazone groups is 1. The lowest BCUT2D eigenvalue weighted by molar-refractivity contribution is 0.307. The molecule has 4 nitrogen and oxygen atoms in total. The molecule has 0 unspecified atom stereocenters. The first kappa shape index (κ1) is 21.5. The van der Waals surface area contributed by atoms with Crippen molar-refractivity contribution in [2.45, 2.75) is 13.2 Å². The molecule has 1 N–H and O–H groups in total. The molecule has 0 heterocycles. The van der Waals surface area contributed by atoms with Gasteiger partial charge >= 0.3 is 0 Å². The number of benzene rings is 5. The van der Waals surface area contributed by atoms with E-state index in [0.29, 0.717) is 13.2 Å². The number of methoxy groups -OCH3 is 1. The van der Waals surface area contributed by atoms with E-state index < -0.39 is 0 Å². The van der Waals surface area contributed by atoms with Crippen molar-refractivity contribution in [3.8, 4) is 11.5 Å². The first-order chi connectivity index (χ1) is 16.8. The number of nitrogens with one attached hydrogen (secondary N) is 1. The molecule has 5 aromatic rings. The van der Waals surface area contributed by atoms with Gasteiger partial charge in [0.25, 0.3) is 0 Å². The topological polar surface area (TPSA) is 42.8 Å². The van der Waals surface area contributed by atoms with Gasteiger partial charge in [-0.2, -0.15) is 5.10 Å². The quantitative estimate of drug-likeness (QED) is 0.213. The van der Waals surface area contributed by atoms with Crippen LogP contribution in [0.1, 0.15) is 16.7 Å². The second-order valence-electron chi connectivity index (χ2n) is 8.03. The Morgan fingerprint density at radius 1 is 0.676 bits per heavy atom. The maximum absolute atomic E-state index is 6.35. The summed E-state index contributed by atoms with van der Waals surface area (Å²) >= 11 is 0. The van der Waals surface area contributed by atoms with Crippen LogP contribution in [0.4, 0.5) is 0 Å². The summed E-state index contributed by atoms with van der Waals surface area (Å²) in [5.41, 5.74) is 6.30. The van der Waals surface area contributed by atoms with Crippen LogP contribution in [0.15, 0.2) is 108 Å². The molecule has 5 rings (SSSR count). The van der Waals surface area contributed by atoms with E-state index in [-0.39, 0.29) is 0 Å². The van der Waals surface area contributed by atoms with Crippen molar-refractivity contribution in [1.29, 1.82) is 0 Å². The first-order valence-corrected chi connectivity index (χ1v) is 11.3. The van der Waals surface area contributed by atoms with Crippen LogP contribution in [-0.4, -0.2) is 13.3 Å². The molecule has 0 aliphatic heterocycles. The first-order valence-electron chi connectivity index (χ1n) is 11.3. The monoisotopic (exact) mass is 446 g/mol. The Balaban J connectivity index is 1.40. The molecule has 0 saturated carbocycles. The number of para-hydroxylation sites is 1. The fourth-order valence-corrected chi connectivity index (χ4v) is 4.20. The standard InChI is InChI=1S/C30H26N2O2/c1-33-29-16-7-4-11-24(29)19-31-32-20-28-27-15-6-3-10-23(27)17-18-30(28)34-21-25-13-8-12-22-9-2-5-14-26(22)25/h2-18,20,31H,19,21H2,1H3/b32-20-. The normalized spacial score (nSPS) is 11.2. The highest BCUT2D eigenvalue weighted by molar-refractivity contribution is 6.02. The van der Waals surface area contributed by atoms with Gasteiger partial charge in [0, 0.05) is 11.1 Å². The van der Waals surface area contributed by atoms with E-state index in [4.69, 9.17) is 9.47 Å². The zero-order chi connectivity index (χ0) is 23.2. The Morgan fingerprint density at radius 3 is 2.21 bits per heavy atom. The highest BCUT2D eigenvalue weighted by Crippen LogP contribution is 2.28. The van der Waals surface area contributed by atoms with Gasteiger partial charge < -0.3 is 14.9 Å². The number of hydrogen-bond acceptors (Lipinski definition) is 4. The minimum Gasteiger partial charge on any atom is -0.496 e. The van der Waals surface area contributed by atoms with Crippen molar-refractivity contribution < 1.29 is 9.47 Å². The Hall–Kier alpha value is -4.31. The zero-order valence-electron chi connectivity index (χ0n) is 19.1. The third-order valence-corrected chi connectivity index (χ3v) is 5.94. The Kier molecular flexibility index (Phi) is 6.39. The molecule has 5 aromatic carbocycles. The SMILES string of the molecule is COc1ccccc1CN/N=C\c1c(OCc2cccc3ccccc23)ccc2ccccc12. The van der Waals surface area contributed by atoms with Crippen molar-refractivity contribution in [3.05, 3.63) is 120 Å². The number of hydrogen-bond donors (Lipinski definition) is 1. The third-order valence-electron chi connectivity index (χ3n) is 5.94. The smallest absolute Gasteiger partial charge is 0.129 e. The minimum atomic E-state index is 0.481. The highest BCUT2D eigenvalue weighted by Gasteiger charge is 2.09. The van der Waals surface area contributed by atoms with Crippen molar-refractivity contribution in [3.63, 3.8) is 0 Å². The zero-order valence-corrected chi connectivity index (χ0v) is 19.1. The third kappa shape index (κ3) is 4.57. The lowest BCUT2D eigenvalue weighted by Gasteiger charge is -2.13. The van der Waals surface area contributed by atoms with Crippen LogP contribution in [0.25, 0.3) is 21.5 Å². The molecule has 0 aromatic heterocycles. The molecule has 0 aliphatic carbocycles. The van der Waals surface area contributed by atoms with E-state index in [0.717, 1.165) is 39.0 Å². The summed E-state index contributed by atoms with van der Waals surface area (Å²) in [7, 11) is 1.68. The van der Waals surface area contributed by atoms with Gasteiger partial charge in [-0.15, -0.1) is 0 Å². The largest absolute Gasteiger partial charge is 0.496 e. The van der Waals surface area contributed by atoms with E-state index in [2.05, 4.69) is 71.2 Å². The van der Waals surface area contributed by atoms with E-state index in [1.54, 1.807) is 7.11 Å². The molecule has 0 bridgehead atoms. The summed E-state index contributed by atoms with van der Waals surface area (Å²) in [4.78, 5) is 0. The van der Waals surface area contributed by atoms with Crippen molar-refractivity contribution in [1.82, 2.24) is 5.43 Å². The van der Waals surface area contributed by atoms with Gasteiger partial charge in [-0.1, -0.05) is 91.0 Å². The second kappa shape index (κ2) is 10.1. The Bertz CT molecular complexity index is 1450. The van der Waals surface area contributed by atoms with E-state index in [1.807, 2.05) is 48.7 Å². The maximum Gasteiger partial charge on any atom is 0.129 e. The molecule has 168 valence electrons. The number of rotatable bonds is 8. The molecular formula is C30H26N2O2. The van der Waals surface area contributed by atoms with Gasteiger partial charge in [0.1, 0.15) is 18.1 Å². The maximum atomic E-state index is 6.35. The molecule has 34 heavy (non-hydrogen) atoms. The number of fused-ring (bicyclic) bond motifs is 2. The van der Waals surface area contributed by atoms with Crippen LogP contribution in [0.5, 0.6) is 11.5 Å². The number of nitrogens with zero attached hydrogens (tertiary/aromatic N) is 1. The number of ether oxygens (including phenoxy) is 2. The molecule has 4 heteroatoms. The molecule has 0 spiro atoms. The van der Waals surface area contributed by atoms with Crippen molar-refractivity contribution in [2.75, 3.05) is 7.11 Å². The molecule has 0 aliphatic rings. The molecule has 0 atom stereocenters. The van der Waals surface area contributed by atoms with Crippen LogP contribution < -0.4 is 14.9 Å². The summed E-state index contributed by atoms with van der Waals surface area (Å²) in [5, 5.41) is 9.18. The predicted molar refractivity (Wildman–Crippen MR) is 140 cm³/mol. The fourth-order valence-electron chi connectivity index (χ4n) is 4.20. The van der Waals surface area contributed by atoms with Crippen molar-refractivity contribution >= 4 is 27.8 Å². The van der Waals surface area contributed by atoms with E-state index >= 15 is 0 Å². The van der Waals surface area contributed by atoms with Crippen LogP contribution in [0, 0.1) is 0 Å². The second-order valence-corrected chi connectivity index (χ2v) is 8.03. The van der Waals surface area contributed by atoms with Crippen LogP contribution in [0.3, 0.4) is 0 Å². The molecule has 0 fully saturated rings. The van der Waals surface area contributed by atoms with Gasteiger partial charge in [-0.3, -0.25) is 0 Å². The fraction of sp³-hybridized carbons (Fsp3) is 0.100. The summed E-state index contributed by atoms with van der Waals surface area (Å²) in [5.74, 6) is 1.64. The average Bonchev–Trinajstić information content (AvgIpc) is 2.90. The Labute approximate surface area is 199 Å². The van der Waals surface area contributed by atoms with E-state index in [9.17, 15) is 0 Å². The van der Waals surface area contributed by atoms with Gasteiger partial charge in [0.05, 0.1) is 19.9 Å². The minimum absolute atomic E-state index is 0.481. The van der Waals surface area contributed by atoms with E-state index in [1.165, 1.54) is 10.8 Å². The molecule has 0 saturated heterocycles. The average molecular weight is 447 g/mol. The predicted octanol–water partition coefficient (Wildman–Crippen LogP) is 6.70. The summed E-state index contributed by atoms with van der Waals surface area (Å²) in [6.07, 6.45) is 1.84. The van der Waals surface area contributed by atoms with Crippen LogP contribution in [0.2, 0.25) is 0 Å². The lowest BCUT2D eigenvalue weighted by atomic mass is 10.0. The van der Waals surface area contributed by atoms with Crippen LogP contribution >= 0.6 is 0 Å². The van der Waals surface area contributed by atoms with Gasteiger partial charge in [-0.25, -0.2) is 0 Å². The Morgan fingerprint density at radius 2 is 1.35 bits per heavy atom. The van der Waals surface area contributed by atoms with Gasteiger partial charge in [0.15, 0.2) is 0 Å².